The number of hydrogen-bond acceptors (Lipinski definition) is 6. The Balaban J connectivity index is 2.66. The predicted molar refractivity (Wildman–Crippen MR) is 42.7 cm³/mol. The highest BCUT2D eigenvalue weighted by Crippen LogP contribution is 2.19. The first-order chi connectivity index (χ1) is 6.11. The minimum absolute atomic E-state index is 0.360. The molecule has 1 aliphatic rings. The molecule has 6 heteroatoms. The van der Waals surface area contributed by atoms with Gasteiger partial charge in [0.05, 0.1) is 12.6 Å². The van der Waals surface area contributed by atoms with E-state index in [2.05, 4.69) is 0 Å². The van der Waals surface area contributed by atoms with Gasteiger partial charge in [0, 0.05) is 7.11 Å². The van der Waals surface area contributed by atoms with Gasteiger partial charge in [0.25, 0.3) is 0 Å². The number of rotatable bonds is 2. The van der Waals surface area contributed by atoms with Gasteiger partial charge >= 0.3 is 0 Å². The Kier molecular flexibility index (Phi) is 3.60. The normalized spacial score (nSPS) is 46.4. The minimum atomic E-state index is -1.08. The highest BCUT2D eigenvalue weighted by Gasteiger charge is 2.42. The summed E-state index contributed by atoms with van der Waals surface area (Å²) < 4.78 is 9.81. The second-order valence-electron chi connectivity index (χ2n) is 3.02. The Morgan fingerprint density at radius 3 is 2.46 bits per heavy atom. The molecule has 6 nitrogen and oxygen atoms in total. The SMILES string of the molecule is CO[C@@H]1O[C@H](CO)[C@@H](O)[C@@H](N)[C@@H]1O. The molecule has 0 aromatic carbocycles. The first-order valence-corrected chi connectivity index (χ1v) is 4.02. The van der Waals surface area contributed by atoms with Gasteiger partial charge in [0.15, 0.2) is 6.29 Å². The molecule has 13 heavy (non-hydrogen) atoms. The van der Waals surface area contributed by atoms with Gasteiger partial charge in [-0.3, -0.25) is 0 Å². The van der Waals surface area contributed by atoms with Crippen LogP contribution in [0.1, 0.15) is 0 Å². The van der Waals surface area contributed by atoms with Crippen LogP contribution in [0.4, 0.5) is 0 Å². The molecule has 0 spiro atoms. The molecule has 0 unspecified atom stereocenters. The van der Waals surface area contributed by atoms with Gasteiger partial charge in [0.1, 0.15) is 18.3 Å². The maximum absolute atomic E-state index is 9.40. The average molecular weight is 193 g/mol. The van der Waals surface area contributed by atoms with Crippen molar-refractivity contribution in [2.45, 2.75) is 30.6 Å². The standard InChI is InChI=1S/C7H15NO5/c1-12-7-6(11)4(8)5(10)3(2-9)13-7/h3-7,9-11H,2,8H2,1H3/t3-,4-,5-,6+,7-/m1/s1. The molecule has 5 N–H and O–H groups in total. The van der Waals surface area contributed by atoms with Crippen LogP contribution in [0, 0.1) is 0 Å². The Hall–Kier alpha value is -0.240. The molecule has 78 valence electrons. The summed E-state index contributed by atoms with van der Waals surface area (Å²) in [6.45, 7) is -0.360. The first kappa shape index (κ1) is 10.8. The third kappa shape index (κ3) is 1.98. The minimum Gasteiger partial charge on any atom is -0.394 e. The molecule has 0 amide bonds. The van der Waals surface area contributed by atoms with E-state index in [0.717, 1.165) is 0 Å². The van der Waals surface area contributed by atoms with E-state index in [9.17, 15) is 10.2 Å². The van der Waals surface area contributed by atoms with Crippen LogP contribution in [0.5, 0.6) is 0 Å². The smallest absolute Gasteiger partial charge is 0.185 e. The number of aliphatic hydroxyl groups is 3. The maximum atomic E-state index is 9.40. The van der Waals surface area contributed by atoms with E-state index < -0.39 is 30.6 Å². The molecule has 0 aromatic rings. The number of methoxy groups -OCH3 is 1. The molecule has 0 bridgehead atoms. The van der Waals surface area contributed by atoms with Crippen LogP contribution in [0.2, 0.25) is 0 Å². The summed E-state index contributed by atoms with van der Waals surface area (Å²) in [5.41, 5.74) is 5.48. The predicted octanol–water partition coefficient (Wildman–Crippen LogP) is -2.60. The van der Waals surface area contributed by atoms with Crippen molar-refractivity contribution < 1.29 is 24.8 Å². The Morgan fingerprint density at radius 2 is 2.00 bits per heavy atom. The van der Waals surface area contributed by atoms with Crippen molar-refractivity contribution in [3.63, 3.8) is 0 Å². The Labute approximate surface area is 75.9 Å². The fourth-order valence-electron chi connectivity index (χ4n) is 1.31. The summed E-state index contributed by atoms with van der Waals surface area (Å²) >= 11 is 0. The van der Waals surface area contributed by atoms with Crippen LogP contribution < -0.4 is 5.73 Å². The van der Waals surface area contributed by atoms with Crippen LogP contribution in [0.25, 0.3) is 0 Å². The lowest BCUT2D eigenvalue weighted by atomic mass is 9.97. The Bertz CT molecular complexity index is 147. The van der Waals surface area contributed by atoms with Gasteiger partial charge in [-0.2, -0.15) is 0 Å². The zero-order chi connectivity index (χ0) is 10.0. The molecule has 0 aromatic heterocycles. The fourth-order valence-corrected chi connectivity index (χ4v) is 1.31. The fraction of sp³-hybridized carbons (Fsp3) is 1.00. The number of nitrogens with two attached hydrogens (primary N) is 1. The molecule has 1 heterocycles. The lowest BCUT2D eigenvalue weighted by Gasteiger charge is -2.39. The van der Waals surface area contributed by atoms with Crippen LogP contribution in [0.15, 0.2) is 0 Å². The molecular formula is C7H15NO5. The molecular weight excluding hydrogens is 178 g/mol. The number of hydrogen-bond donors (Lipinski definition) is 4. The largest absolute Gasteiger partial charge is 0.394 e. The molecule has 1 rings (SSSR count). The summed E-state index contributed by atoms with van der Waals surface area (Å²) in [5, 5.41) is 27.6. The van der Waals surface area contributed by atoms with Crippen LogP contribution in [-0.4, -0.2) is 59.7 Å². The van der Waals surface area contributed by atoms with E-state index in [1.807, 2.05) is 0 Å². The first-order valence-electron chi connectivity index (χ1n) is 4.02. The van der Waals surface area contributed by atoms with E-state index in [4.69, 9.17) is 20.3 Å². The van der Waals surface area contributed by atoms with Gasteiger partial charge in [-0.05, 0) is 0 Å². The molecule has 1 saturated heterocycles. The van der Waals surface area contributed by atoms with Crippen molar-refractivity contribution in [3.05, 3.63) is 0 Å². The summed E-state index contributed by atoms with van der Waals surface area (Å²) in [6, 6.07) is -0.865. The number of ether oxygens (including phenoxy) is 2. The summed E-state index contributed by atoms with van der Waals surface area (Å²) in [4.78, 5) is 0. The number of aliphatic hydroxyl groups excluding tert-OH is 3. The third-order valence-corrected chi connectivity index (χ3v) is 2.17. The quantitative estimate of drug-likeness (QED) is 0.383. The monoisotopic (exact) mass is 193 g/mol. The maximum Gasteiger partial charge on any atom is 0.185 e. The zero-order valence-electron chi connectivity index (χ0n) is 7.33. The van der Waals surface area contributed by atoms with E-state index >= 15 is 0 Å². The van der Waals surface area contributed by atoms with E-state index in [1.165, 1.54) is 7.11 Å². The van der Waals surface area contributed by atoms with Gasteiger partial charge < -0.3 is 30.5 Å². The molecule has 5 atom stereocenters. The lowest BCUT2D eigenvalue weighted by molar-refractivity contribution is -0.267. The molecule has 1 fully saturated rings. The van der Waals surface area contributed by atoms with Gasteiger partial charge in [-0.25, -0.2) is 0 Å². The molecule has 0 radical (unpaired) electrons. The van der Waals surface area contributed by atoms with Crippen molar-refractivity contribution in [3.8, 4) is 0 Å². The summed E-state index contributed by atoms with van der Waals surface area (Å²) in [7, 11) is 1.35. The second-order valence-corrected chi connectivity index (χ2v) is 3.02. The van der Waals surface area contributed by atoms with Gasteiger partial charge in [-0.1, -0.05) is 0 Å². The lowest BCUT2D eigenvalue weighted by Crippen LogP contribution is -2.62. The highest BCUT2D eigenvalue weighted by molar-refractivity contribution is 4.91. The highest BCUT2D eigenvalue weighted by atomic mass is 16.7. The Morgan fingerprint density at radius 1 is 1.38 bits per heavy atom. The van der Waals surface area contributed by atoms with Crippen LogP contribution in [0.3, 0.4) is 0 Å². The zero-order valence-corrected chi connectivity index (χ0v) is 7.33. The van der Waals surface area contributed by atoms with Crippen molar-refractivity contribution in [1.82, 2.24) is 0 Å². The molecule has 0 aliphatic carbocycles. The summed E-state index contributed by atoms with van der Waals surface area (Å²) in [5.74, 6) is 0. The van der Waals surface area contributed by atoms with Crippen LogP contribution >= 0.6 is 0 Å². The van der Waals surface area contributed by atoms with Gasteiger partial charge in [0.2, 0.25) is 0 Å². The van der Waals surface area contributed by atoms with E-state index in [-0.39, 0.29) is 6.61 Å². The summed E-state index contributed by atoms with van der Waals surface area (Å²) in [6.07, 6.45) is -3.85. The van der Waals surface area contributed by atoms with Crippen molar-refractivity contribution in [1.29, 1.82) is 0 Å². The van der Waals surface area contributed by atoms with Crippen molar-refractivity contribution >= 4 is 0 Å². The van der Waals surface area contributed by atoms with Gasteiger partial charge in [-0.15, -0.1) is 0 Å². The van der Waals surface area contributed by atoms with Crippen molar-refractivity contribution in [2.24, 2.45) is 5.73 Å². The van der Waals surface area contributed by atoms with E-state index in [1.54, 1.807) is 0 Å². The third-order valence-electron chi connectivity index (χ3n) is 2.17. The molecule has 1 aliphatic heterocycles. The second kappa shape index (κ2) is 4.32. The van der Waals surface area contributed by atoms with Crippen LogP contribution in [-0.2, 0) is 9.47 Å². The van der Waals surface area contributed by atoms with Crippen molar-refractivity contribution in [2.75, 3.05) is 13.7 Å². The average Bonchev–Trinajstić information content (AvgIpc) is 2.15. The van der Waals surface area contributed by atoms with E-state index in [0.29, 0.717) is 0 Å². The molecule has 0 saturated carbocycles. The topological polar surface area (TPSA) is 105 Å².